The van der Waals surface area contributed by atoms with Crippen LogP contribution in [0.2, 0.25) is 0 Å². The fraction of sp³-hybridized carbons (Fsp3) is 0.0164. The van der Waals surface area contributed by atoms with Crippen molar-refractivity contribution in [2.24, 2.45) is 0 Å². The average molecular weight is 788 g/mol. The van der Waals surface area contributed by atoms with Gasteiger partial charge in [0.25, 0.3) is 0 Å². The summed E-state index contributed by atoms with van der Waals surface area (Å²) in [5.74, 6) is 0. The number of rotatable bonds is 6. The molecule has 0 unspecified atom stereocenters. The number of nitrogens with zero attached hydrogens (tertiary/aromatic N) is 1. The molecule has 12 rings (SSSR count). The lowest BCUT2D eigenvalue weighted by molar-refractivity contribution is 0.753. The lowest BCUT2D eigenvalue weighted by atomic mass is 9.64. The van der Waals surface area contributed by atoms with Crippen molar-refractivity contribution in [2.45, 2.75) is 5.41 Å². The van der Waals surface area contributed by atoms with Crippen LogP contribution >= 0.6 is 0 Å². The van der Waals surface area contributed by atoms with E-state index in [-0.39, 0.29) is 0 Å². The molecular formula is C61H41N. The maximum absolute atomic E-state index is 2.49. The number of benzene rings is 10. The molecule has 1 heterocycles. The van der Waals surface area contributed by atoms with Crippen LogP contribution < -0.4 is 4.90 Å². The third-order valence-corrected chi connectivity index (χ3v) is 13.1. The summed E-state index contributed by atoms with van der Waals surface area (Å²) in [5.41, 5.74) is 22.9. The zero-order valence-electron chi connectivity index (χ0n) is 34.1. The van der Waals surface area contributed by atoms with Crippen LogP contribution in [-0.2, 0) is 5.41 Å². The summed E-state index contributed by atoms with van der Waals surface area (Å²) in [6.07, 6.45) is 0. The van der Waals surface area contributed by atoms with Crippen molar-refractivity contribution >= 4 is 17.1 Å². The van der Waals surface area contributed by atoms with Crippen molar-refractivity contribution in [3.05, 3.63) is 271 Å². The van der Waals surface area contributed by atoms with Gasteiger partial charge in [0.15, 0.2) is 0 Å². The van der Waals surface area contributed by atoms with E-state index >= 15 is 0 Å². The summed E-state index contributed by atoms with van der Waals surface area (Å²) in [6.45, 7) is 0. The van der Waals surface area contributed by atoms with Gasteiger partial charge in [0, 0.05) is 5.69 Å². The number of fused-ring (bicyclic) bond motifs is 9. The molecular weight excluding hydrogens is 747 g/mol. The first-order valence-electron chi connectivity index (χ1n) is 21.5. The van der Waals surface area contributed by atoms with Gasteiger partial charge in [-0.2, -0.15) is 0 Å². The molecule has 1 heteroatoms. The molecule has 0 bridgehead atoms. The van der Waals surface area contributed by atoms with Gasteiger partial charge in [0.05, 0.1) is 16.8 Å². The zero-order valence-corrected chi connectivity index (χ0v) is 34.1. The third kappa shape index (κ3) is 5.70. The van der Waals surface area contributed by atoms with Crippen molar-refractivity contribution in [3.8, 4) is 66.8 Å². The Morgan fingerprint density at radius 3 is 1.21 bits per heavy atom. The van der Waals surface area contributed by atoms with Gasteiger partial charge < -0.3 is 4.90 Å². The van der Waals surface area contributed by atoms with Gasteiger partial charge in [0.1, 0.15) is 0 Å². The van der Waals surface area contributed by atoms with Crippen LogP contribution in [0.3, 0.4) is 0 Å². The lowest BCUT2D eigenvalue weighted by Crippen LogP contribution is -2.36. The van der Waals surface area contributed by atoms with Crippen LogP contribution in [0.25, 0.3) is 66.8 Å². The summed E-state index contributed by atoms with van der Waals surface area (Å²) in [6, 6.07) is 91.6. The number of hydrogen-bond donors (Lipinski definition) is 0. The average Bonchev–Trinajstić information content (AvgIpc) is 3.65. The minimum Gasteiger partial charge on any atom is -0.310 e. The Kier molecular flexibility index (Phi) is 8.47. The normalized spacial score (nSPS) is 12.9. The van der Waals surface area contributed by atoms with Gasteiger partial charge >= 0.3 is 0 Å². The molecule has 0 aromatic heterocycles. The molecule has 0 atom stereocenters. The topological polar surface area (TPSA) is 3.24 Å². The molecule has 0 saturated carbocycles. The quantitative estimate of drug-likeness (QED) is 0.162. The van der Waals surface area contributed by atoms with Gasteiger partial charge in [-0.25, -0.2) is 0 Å². The molecule has 1 aliphatic heterocycles. The van der Waals surface area contributed by atoms with E-state index in [2.05, 4.69) is 254 Å². The second-order valence-electron chi connectivity index (χ2n) is 16.5. The largest absolute Gasteiger partial charge is 0.310 e. The summed E-state index contributed by atoms with van der Waals surface area (Å²) in [4.78, 5) is 2.44. The number of hydrogen-bond acceptors (Lipinski definition) is 1. The Morgan fingerprint density at radius 2 is 0.597 bits per heavy atom. The van der Waals surface area contributed by atoms with Gasteiger partial charge in [-0.15, -0.1) is 0 Å². The van der Waals surface area contributed by atoms with Crippen molar-refractivity contribution < 1.29 is 0 Å². The van der Waals surface area contributed by atoms with E-state index in [0.717, 1.165) is 5.69 Å². The minimum atomic E-state index is -0.507. The van der Waals surface area contributed by atoms with Crippen molar-refractivity contribution in [2.75, 3.05) is 4.90 Å². The summed E-state index contributed by atoms with van der Waals surface area (Å²) in [7, 11) is 0. The molecule has 0 amide bonds. The highest BCUT2D eigenvalue weighted by atomic mass is 15.2. The van der Waals surface area contributed by atoms with E-state index in [4.69, 9.17) is 0 Å². The molecule has 10 aromatic rings. The fourth-order valence-corrected chi connectivity index (χ4v) is 10.3. The van der Waals surface area contributed by atoms with Gasteiger partial charge in [-0.3, -0.25) is 0 Å². The maximum atomic E-state index is 2.49. The number of para-hydroxylation sites is 3. The molecule has 1 nitrogen and oxygen atoms in total. The van der Waals surface area contributed by atoms with E-state index in [1.807, 2.05) is 0 Å². The van der Waals surface area contributed by atoms with Gasteiger partial charge in [-0.05, 0) is 144 Å². The first kappa shape index (κ1) is 35.9. The molecule has 0 N–H and O–H groups in total. The van der Waals surface area contributed by atoms with Crippen LogP contribution in [-0.4, -0.2) is 0 Å². The predicted octanol–water partition coefficient (Wildman–Crippen LogP) is 16.2. The Hall–Kier alpha value is -8.00. The first-order chi connectivity index (χ1) is 30.7. The molecule has 62 heavy (non-hydrogen) atoms. The molecule has 10 aromatic carbocycles. The van der Waals surface area contributed by atoms with Crippen LogP contribution in [0.15, 0.2) is 249 Å². The van der Waals surface area contributed by atoms with E-state index in [0.29, 0.717) is 0 Å². The Morgan fingerprint density at radius 1 is 0.226 bits per heavy atom. The molecule has 1 spiro atoms. The van der Waals surface area contributed by atoms with Crippen molar-refractivity contribution in [3.63, 3.8) is 0 Å². The van der Waals surface area contributed by atoms with Crippen LogP contribution in [0.5, 0.6) is 0 Å². The van der Waals surface area contributed by atoms with E-state index < -0.39 is 5.41 Å². The summed E-state index contributed by atoms with van der Waals surface area (Å²) >= 11 is 0. The zero-order chi connectivity index (χ0) is 41.0. The Bertz CT molecular complexity index is 3230. The first-order valence-corrected chi connectivity index (χ1v) is 21.5. The molecule has 0 saturated heterocycles. The van der Waals surface area contributed by atoms with E-state index in [9.17, 15) is 0 Å². The Balaban J connectivity index is 1.01. The highest BCUT2D eigenvalue weighted by Crippen LogP contribution is 2.63. The minimum absolute atomic E-state index is 0.507. The third-order valence-electron chi connectivity index (χ3n) is 13.1. The fourth-order valence-electron chi connectivity index (χ4n) is 10.3. The second kappa shape index (κ2) is 14.6. The molecule has 290 valence electrons. The van der Waals surface area contributed by atoms with Crippen LogP contribution in [0.4, 0.5) is 17.1 Å². The molecule has 0 fully saturated rings. The van der Waals surface area contributed by atoms with Crippen molar-refractivity contribution in [1.82, 2.24) is 0 Å². The summed E-state index contributed by atoms with van der Waals surface area (Å²) < 4.78 is 0. The van der Waals surface area contributed by atoms with Gasteiger partial charge in [-0.1, -0.05) is 194 Å². The standard InChI is InChI=1S/C61H41N/c1-4-17-42(18-5-1)44-31-33-45(34-32-44)50-38-49(43-19-6-2-7-20-43)39-51(40-50)47-22-16-21-46(37-47)48-35-36-54-53-25-10-11-26-55(53)61(58(54)41-48)56-27-12-14-29-59(56)62(52-23-8-3-9-24-52)60-30-15-13-28-57(60)61/h1-41H. The summed E-state index contributed by atoms with van der Waals surface area (Å²) in [5, 5.41) is 0. The molecule has 0 radical (unpaired) electrons. The second-order valence-corrected chi connectivity index (χ2v) is 16.5. The lowest BCUT2D eigenvalue weighted by Gasteiger charge is -2.45. The van der Waals surface area contributed by atoms with Crippen LogP contribution in [0, 0.1) is 0 Å². The molecule has 2 aliphatic rings. The number of anilines is 3. The van der Waals surface area contributed by atoms with Crippen LogP contribution in [0.1, 0.15) is 22.3 Å². The predicted molar refractivity (Wildman–Crippen MR) is 259 cm³/mol. The SMILES string of the molecule is c1ccc(-c2ccc(-c3cc(-c4ccccc4)cc(-c4cccc(-c5ccc6c(c5)C5(c7ccccc7-6)c6ccccc6N(c6ccccc6)c6ccccc65)c4)c3)cc2)cc1. The monoisotopic (exact) mass is 787 g/mol. The highest BCUT2D eigenvalue weighted by molar-refractivity contribution is 5.97. The van der Waals surface area contributed by atoms with Gasteiger partial charge in [0.2, 0.25) is 0 Å². The van der Waals surface area contributed by atoms with E-state index in [1.165, 1.54) is 100 Å². The maximum Gasteiger partial charge on any atom is 0.0754 e. The Labute approximate surface area is 363 Å². The highest BCUT2D eigenvalue weighted by Gasteiger charge is 2.51. The smallest absolute Gasteiger partial charge is 0.0754 e. The van der Waals surface area contributed by atoms with E-state index in [1.54, 1.807) is 0 Å². The molecule has 1 aliphatic carbocycles. The van der Waals surface area contributed by atoms with Crippen molar-refractivity contribution in [1.29, 1.82) is 0 Å².